The molecule has 0 aliphatic rings. The number of hydrogen-bond donors (Lipinski definition) is 3. The second kappa shape index (κ2) is 9.19. The van der Waals surface area contributed by atoms with Crippen molar-refractivity contribution in [3.05, 3.63) is 58.8 Å². The van der Waals surface area contributed by atoms with Crippen molar-refractivity contribution in [2.24, 2.45) is 5.92 Å². The van der Waals surface area contributed by atoms with Crippen molar-refractivity contribution in [1.82, 2.24) is 15.0 Å². The average Bonchev–Trinajstić information content (AvgIpc) is 2.69. The molecule has 28 heavy (non-hydrogen) atoms. The summed E-state index contributed by atoms with van der Waals surface area (Å²) in [5.74, 6) is 1.13. The summed E-state index contributed by atoms with van der Waals surface area (Å²) in [6, 6.07) is 10.6. The molecule has 2 aromatic heterocycles. The van der Waals surface area contributed by atoms with Crippen LogP contribution in [-0.4, -0.2) is 32.7 Å². The van der Waals surface area contributed by atoms with Gasteiger partial charge in [-0.25, -0.2) is 4.98 Å². The number of pyridine rings is 1. The van der Waals surface area contributed by atoms with Crippen molar-refractivity contribution in [2.45, 2.75) is 19.9 Å². The lowest BCUT2D eigenvalue weighted by Gasteiger charge is -2.21. The van der Waals surface area contributed by atoms with E-state index in [9.17, 15) is 5.11 Å². The number of nitrogens with zero attached hydrogens (tertiary/aromatic N) is 3. The molecule has 3 N–H and O–H groups in total. The number of aromatic nitrogens is 3. The zero-order valence-corrected chi connectivity index (χ0v) is 17.0. The second-order valence-corrected chi connectivity index (χ2v) is 7.41. The van der Waals surface area contributed by atoms with Crippen molar-refractivity contribution in [3.63, 3.8) is 0 Å². The molecule has 1 aromatic carbocycles. The van der Waals surface area contributed by atoms with Gasteiger partial charge in [-0.2, -0.15) is 4.98 Å². The Labute approximate surface area is 174 Å². The maximum Gasteiger partial charge on any atom is 0.225 e. The van der Waals surface area contributed by atoms with E-state index in [0.29, 0.717) is 33.2 Å². The van der Waals surface area contributed by atoms with Crippen molar-refractivity contribution < 1.29 is 5.11 Å². The van der Waals surface area contributed by atoms with Crippen molar-refractivity contribution >= 4 is 40.7 Å². The van der Waals surface area contributed by atoms with Crippen molar-refractivity contribution in [1.29, 1.82) is 0 Å². The maximum absolute atomic E-state index is 9.64. The monoisotopic (exact) mass is 417 g/mol. The van der Waals surface area contributed by atoms with E-state index in [-0.39, 0.29) is 18.6 Å². The largest absolute Gasteiger partial charge is 0.394 e. The topological polar surface area (TPSA) is 83.0 Å². The van der Waals surface area contributed by atoms with E-state index in [4.69, 9.17) is 23.2 Å². The standard InChI is InChI=1S/C20H21Cl2N5O/c1-12(2)17(11-28)25-20-24-16(13-6-8-23-9-7-13)10-18(27-20)26-19-14(21)4-3-5-15(19)22/h3-10,12,17,28H,11H2,1-2H3,(H2,24,25,26,27)/t17-/m1/s1. The molecule has 0 unspecified atom stereocenters. The predicted molar refractivity (Wildman–Crippen MR) is 114 cm³/mol. The molecule has 0 amide bonds. The summed E-state index contributed by atoms with van der Waals surface area (Å²) in [4.78, 5) is 13.2. The van der Waals surface area contributed by atoms with Crippen molar-refractivity contribution in [3.8, 4) is 11.3 Å². The van der Waals surface area contributed by atoms with E-state index in [2.05, 4.69) is 25.6 Å². The Kier molecular flexibility index (Phi) is 6.67. The van der Waals surface area contributed by atoms with E-state index in [1.54, 1.807) is 30.6 Å². The first kappa shape index (κ1) is 20.3. The summed E-state index contributed by atoms with van der Waals surface area (Å²) < 4.78 is 0. The summed E-state index contributed by atoms with van der Waals surface area (Å²) in [7, 11) is 0. The van der Waals surface area contributed by atoms with Gasteiger partial charge in [0.2, 0.25) is 5.95 Å². The minimum absolute atomic E-state index is 0.0282. The minimum atomic E-state index is -0.176. The molecule has 0 fully saturated rings. The van der Waals surface area contributed by atoms with E-state index in [0.717, 1.165) is 5.56 Å². The van der Waals surface area contributed by atoms with E-state index >= 15 is 0 Å². The van der Waals surface area contributed by atoms with Crippen LogP contribution in [0.15, 0.2) is 48.8 Å². The third-order valence-electron chi connectivity index (χ3n) is 4.23. The van der Waals surface area contributed by atoms with Crippen LogP contribution in [0, 0.1) is 5.92 Å². The second-order valence-electron chi connectivity index (χ2n) is 6.60. The van der Waals surface area contributed by atoms with Gasteiger partial charge in [-0.3, -0.25) is 4.98 Å². The number of anilines is 3. The molecule has 3 aromatic rings. The molecule has 0 aliphatic carbocycles. The molecular formula is C20H21Cl2N5O. The molecule has 0 radical (unpaired) electrons. The molecule has 0 spiro atoms. The Morgan fingerprint density at radius 1 is 1.04 bits per heavy atom. The van der Waals surface area contributed by atoms with Crippen molar-refractivity contribution in [2.75, 3.05) is 17.2 Å². The smallest absolute Gasteiger partial charge is 0.225 e. The summed E-state index contributed by atoms with van der Waals surface area (Å²) in [5.41, 5.74) is 2.16. The first-order valence-electron chi connectivity index (χ1n) is 8.86. The summed E-state index contributed by atoms with van der Waals surface area (Å²) in [6.45, 7) is 4.01. The summed E-state index contributed by atoms with van der Waals surface area (Å²) in [5, 5.41) is 17.0. The predicted octanol–water partition coefficient (Wildman–Crippen LogP) is 5.02. The first-order valence-corrected chi connectivity index (χ1v) is 9.61. The number of benzene rings is 1. The number of para-hydroxylation sites is 1. The Morgan fingerprint density at radius 2 is 1.71 bits per heavy atom. The lowest BCUT2D eigenvalue weighted by molar-refractivity contribution is 0.248. The van der Waals surface area contributed by atoms with Crippen LogP contribution in [0.4, 0.5) is 17.5 Å². The zero-order valence-electron chi connectivity index (χ0n) is 15.5. The van der Waals surface area contributed by atoms with Crippen LogP contribution in [-0.2, 0) is 0 Å². The third kappa shape index (κ3) is 4.90. The first-order chi connectivity index (χ1) is 13.5. The Morgan fingerprint density at radius 3 is 2.32 bits per heavy atom. The van der Waals surface area contributed by atoms with Crippen LogP contribution < -0.4 is 10.6 Å². The van der Waals surface area contributed by atoms with Gasteiger partial charge in [0.05, 0.1) is 34.1 Å². The lowest BCUT2D eigenvalue weighted by atomic mass is 10.1. The molecule has 0 aliphatic heterocycles. The molecule has 1 atom stereocenters. The average molecular weight is 418 g/mol. The molecule has 6 nitrogen and oxygen atoms in total. The number of halogens is 2. The Balaban J connectivity index is 2.02. The Bertz CT molecular complexity index is 917. The fourth-order valence-corrected chi connectivity index (χ4v) is 3.07. The highest BCUT2D eigenvalue weighted by Crippen LogP contribution is 2.33. The fraction of sp³-hybridized carbons (Fsp3) is 0.250. The van der Waals surface area contributed by atoms with Gasteiger partial charge in [-0.15, -0.1) is 0 Å². The normalized spacial score (nSPS) is 12.1. The number of rotatable bonds is 7. The van der Waals surface area contributed by atoms with Gasteiger partial charge in [-0.1, -0.05) is 43.1 Å². The minimum Gasteiger partial charge on any atom is -0.394 e. The summed E-state index contributed by atoms with van der Waals surface area (Å²) >= 11 is 12.6. The van der Waals surface area contributed by atoms with Gasteiger partial charge in [0.1, 0.15) is 5.82 Å². The third-order valence-corrected chi connectivity index (χ3v) is 4.86. The van der Waals surface area contributed by atoms with Crippen LogP contribution in [0.3, 0.4) is 0 Å². The molecule has 2 heterocycles. The van der Waals surface area contributed by atoms with Crippen LogP contribution in [0.2, 0.25) is 10.0 Å². The number of hydrogen-bond acceptors (Lipinski definition) is 6. The SMILES string of the molecule is CC(C)[C@@H](CO)Nc1nc(Nc2c(Cl)cccc2Cl)cc(-c2ccncc2)n1. The molecular weight excluding hydrogens is 397 g/mol. The highest BCUT2D eigenvalue weighted by molar-refractivity contribution is 6.39. The lowest BCUT2D eigenvalue weighted by Crippen LogP contribution is -2.30. The number of aliphatic hydroxyl groups excluding tert-OH is 1. The van der Waals surface area contributed by atoms with E-state index < -0.39 is 0 Å². The van der Waals surface area contributed by atoms with Gasteiger partial charge in [-0.05, 0) is 30.2 Å². The molecule has 3 rings (SSSR count). The van der Waals surface area contributed by atoms with Crippen LogP contribution in [0.5, 0.6) is 0 Å². The van der Waals surface area contributed by atoms with Crippen LogP contribution in [0.1, 0.15) is 13.8 Å². The van der Waals surface area contributed by atoms with Crippen LogP contribution >= 0.6 is 23.2 Å². The maximum atomic E-state index is 9.64. The quantitative estimate of drug-likeness (QED) is 0.500. The molecule has 0 bridgehead atoms. The summed E-state index contributed by atoms with van der Waals surface area (Å²) in [6.07, 6.45) is 3.40. The van der Waals surface area contributed by atoms with E-state index in [1.807, 2.05) is 32.0 Å². The highest BCUT2D eigenvalue weighted by atomic mass is 35.5. The molecule has 146 valence electrons. The van der Waals surface area contributed by atoms with Gasteiger partial charge in [0, 0.05) is 24.0 Å². The van der Waals surface area contributed by atoms with E-state index in [1.165, 1.54) is 0 Å². The van der Waals surface area contributed by atoms with Gasteiger partial charge in [0.25, 0.3) is 0 Å². The molecule has 0 saturated heterocycles. The van der Waals surface area contributed by atoms with Crippen LogP contribution in [0.25, 0.3) is 11.3 Å². The number of aliphatic hydroxyl groups is 1. The van der Waals surface area contributed by atoms with Gasteiger partial charge in [0.15, 0.2) is 0 Å². The molecule has 8 heteroatoms. The molecule has 0 saturated carbocycles. The number of nitrogens with one attached hydrogen (secondary N) is 2. The van der Waals surface area contributed by atoms with Gasteiger partial charge >= 0.3 is 0 Å². The van der Waals surface area contributed by atoms with Gasteiger partial charge < -0.3 is 15.7 Å². The highest BCUT2D eigenvalue weighted by Gasteiger charge is 2.16. The zero-order chi connectivity index (χ0) is 20.1. The fourth-order valence-electron chi connectivity index (χ4n) is 2.58. The Hall–Kier alpha value is -2.41.